The van der Waals surface area contributed by atoms with Crippen molar-refractivity contribution in [2.24, 2.45) is 165 Å². The lowest BCUT2D eigenvalue weighted by Gasteiger charge is -2.42. The average molecular weight is 1680 g/mol. The van der Waals surface area contributed by atoms with E-state index in [-0.39, 0.29) is 64.3 Å². The van der Waals surface area contributed by atoms with Crippen LogP contribution in [0.3, 0.4) is 0 Å². The molecule has 115 heavy (non-hydrogen) atoms. The van der Waals surface area contributed by atoms with Gasteiger partial charge in [-0.1, -0.05) is 125 Å². The van der Waals surface area contributed by atoms with Crippen molar-refractivity contribution in [2.75, 3.05) is 56.0 Å². The SMILES string of the molecule is CC.CC.CC.CC.CC.CC.CC.CC.CC.O=C1CCCO1.O=C1OC2CC3CC(C2)CC1C3.O=C1OC2CC3CC1C2C3.O=C1OCC2C3CC(C12)C1C2CCC(C2)C31.O=C1OCC2C3CCC(C3)C12.O=C1OCCC12CC1CC2C2C3CCC(C3)C12.O=S1(=O)CC2CC3CC2C1C3.O=S1(=O)CCCC1.O=S1(=O)CCCO1. The number of cyclic esters (lactones) is 4. The molecule has 0 amide bonds. The van der Waals surface area contributed by atoms with Crippen LogP contribution in [-0.2, 0) is 91.2 Å². The van der Waals surface area contributed by atoms with Crippen LogP contribution in [0.2, 0.25) is 0 Å². The van der Waals surface area contributed by atoms with E-state index in [2.05, 4.69) is 8.92 Å². The van der Waals surface area contributed by atoms with E-state index in [1.54, 1.807) is 0 Å². The molecular weight excluding hydrogens is 1520 g/mol. The molecule has 16 aliphatic carbocycles. The molecule has 10 saturated heterocycles. The Labute approximate surface area is 697 Å². The second-order valence-electron chi connectivity index (χ2n) is 35.8. The molecule has 10 aliphatic heterocycles. The highest BCUT2D eigenvalue weighted by Gasteiger charge is 2.71. The molecule has 0 aromatic carbocycles. The molecule has 26 rings (SSSR count). The quantitative estimate of drug-likeness (QED) is 0.0943. The number of esters is 6. The molecule has 26 fully saturated rings. The highest BCUT2D eigenvalue weighted by atomic mass is 32.2. The number of ether oxygens (including phenoxy) is 6. The zero-order valence-corrected chi connectivity index (χ0v) is 77.1. The molecule has 29 atom stereocenters. The summed E-state index contributed by atoms with van der Waals surface area (Å²) in [7, 11) is -8.22. The Morgan fingerprint density at radius 1 is 0.365 bits per heavy atom. The van der Waals surface area contributed by atoms with E-state index in [9.17, 15) is 54.0 Å². The van der Waals surface area contributed by atoms with Crippen LogP contribution in [0.25, 0.3) is 0 Å². The molecule has 19 nitrogen and oxygen atoms in total. The van der Waals surface area contributed by atoms with Gasteiger partial charge in [-0.3, -0.25) is 33.0 Å². The second-order valence-corrected chi connectivity index (χ2v) is 42.2. The van der Waals surface area contributed by atoms with Gasteiger partial charge in [0.05, 0.1) is 90.4 Å². The van der Waals surface area contributed by atoms with Crippen molar-refractivity contribution in [3.8, 4) is 0 Å². The van der Waals surface area contributed by atoms with Crippen LogP contribution in [0.15, 0.2) is 0 Å². The maximum absolute atomic E-state index is 12.2. The van der Waals surface area contributed by atoms with E-state index in [1.165, 1.54) is 103 Å². The van der Waals surface area contributed by atoms with Crippen LogP contribution >= 0.6 is 0 Å². The molecular formula is C93H160O19S3. The largest absolute Gasteiger partial charge is 0.466 e. The van der Waals surface area contributed by atoms with Gasteiger partial charge in [-0.15, -0.1) is 0 Å². The lowest BCUT2D eigenvalue weighted by atomic mass is 9.60. The van der Waals surface area contributed by atoms with E-state index < -0.39 is 29.8 Å². The summed E-state index contributed by atoms with van der Waals surface area (Å²) < 4.78 is 99.4. The first-order chi connectivity index (χ1) is 55.6. The average Bonchev–Trinajstić information content (AvgIpc) is 1.53. The minimum atomic E-state index is -3.05. The van der Waals surface area contributed by atoms with Crippen LogP contribution < -0.4 is 0 Å². The van der Waals surface area contributed by atoms with Gasteiger partial charge >= 0.3 is 35.8 Å². The van der Waals surface area contributed by atoms with Gasteiger partial charge in [-0.25, -0.2) is 16.8 Å². The number of carbonyl (C=O) groups excluding carboxylic acids is 6. The molecule has 0 aromatic heterocycles. The van der Waals surface area contributed by atoms with E-state index in [4.69, 9.17) is 23.7 Å². The van der Waals surface area contributed by atoms with Gasteiger partial charge in [0.1, 0.15) is 22.0 Å². The maximum atomic E-state index is 12.2. The molecule has 26 aliphatic rings. The number of carbonyl (C=O) groups is 6. The van der Waals surface area contributed by atoms with Crippen molar-refractivity contribution in [3.05, 3.63) is 0 Å². The maximum Gasteiger partial charge on any atom is 0.312 e. The van der Waals surface area contributed by atoms with Crippen molar-refractivity contribution in [1.29, 1.82) is 0 Å². The minimum Gasteiger partial charge on any atom is -0.466 e. The van der Waals surface area contributed by atoms with Crippen molar-refractivity contribution in [3.63, 3.8) is 0 Å². The summed E-state index contributed by atoms with van der Waals surface area (Å²) in [5, 5.41) is 0.0891. The third-order valence-corrected chi connectivity index (χ3v) is 36.7. The van der Waals surface area contributed by atoms with Crippen LogP contribution in [0.1, 0.15) is 311 Å². The third-order valence-electron chi connectivity index (χ3n) is 31.2. The highest BCUT2D eigenvalue weighted by molar-refractivity contribution is 7.92. The zero-order chi connectivity index (χ0) is 84.6. The standard InChI is InChI=1S/C15H20O2.C14H18O2.C10H14O2.C9H12O2.C8H12O2S.C8H10O2.C4H8O2S.C4H6O2.C3H6O3S.9C2H6/c16-14-15(3-4-17-14)7-10-6-11(15)13-9-2-1-8(5-9)12(10)13;15-14-13-9-4-8(10(13)5-16-14)11-6-1-2-7(3-6)12(9)11;11-10-8-2-6-1-7(3-8)5-9(4-6)12-10;10-9-8-6-2-1-5(3-6)7(8)4-11-9;9-11(10)4-6-1-5-2-7(6)8(11)3-5;9-8-6-2-4-1-5(6)7(3-4)10-8;5-7(6)3-1-2-4-7;5-4-2-1-3-6-4;4-7(5)3-1-2-6-7;9*1-2/h8-13H,1-7H2;6-13H,1-5H2;6-9H,1-5H2;2*5-8H,1-4H2;4-7H,1-3H2;1-4H2;1-3H2;1-3H2;9*1-2H3. The van der Waals surface area contributed by atoms with Crippen molar-refractivity contribution in [1.82, 2.24) is 0 Å². The van der Waals surface area contributed by atoms with E-state index in [0.29, 0.717) is 115 Å². The highest BCUT2D eigenvalue weighted by Crippen LogP contribution is 2.74. The zero-order valence-electron chi connectivity index (χ0n) is 74.7. The normalized spacial score (nSPS) is 43.9. The molecule has 22 heteroatoms. The van der Waals surface area contributed by atoms with Gasteiger partial charge < -0.3 is 28.4 Å². The molecule has 18 bridgehead atoms. The monoisotopic (exact) mass is 1680 g/mol. The Bertz CT molecular complexity index is 3360. The van der Waals surface area contributed by atoms with Crippen LogP contribution in [0, 0.1) is 165 Å². The van der Waals surface area contributed by atoms with Crippen molar-refractivity contribution < 1.29 is 86.6 Å². The molecule has 0 aromatic rings. The van der Waals surface area contributed by atoms with Gasteiger partial charge in [-0.2, -0.15) is 8.42 Å². The molecule has 0 radical (unpaired) electrons. The predicted molar refractivity (Wildman–Crippen MR) is 452 cm³/mol. The summed E-state index contributed by atoms with van der Waals surface area (Å²) in [4.78, 5) is 67.7. The Hall–Kier alpha value is -3.37. The third kappa shape index (κ3) is 20.9. The Kier molecular flexibility index (Phi) is 37.2. The lowest BCUT2D eigenvalue weighted by Crippen LogP contribution is -2.42. The van der Waals surface area contributed by atoms with Crippen molar-refractivity contribution in [2.45, 2.75) is 328 Å². The van der Waals surface area contributed by atoms with Crippen LogP contribution in [0.4, 0.5) is 0 Å². The smallest absolute Gasteiger partial charge is 0.312 e. The van der Waals surface area contributed by atoms with Crippen LogP contribution in [0.5, 0.6) is 0 Å². The topological polar surface area (TPSA) is 269 Å². The fraction of sp³-hybridized carbons (Fsp3) is 0.935. The summed E-state index contributed by atoms with van der Waals surface area (Å²) in [5.41, 5.74) is -0.00366. The van der Waals surface area contributed by atoms with Gasteiger partial charge in [0.25, 0.3) is 10.1 Å². The predicted octanol–water partition coefficient (Wildman–Crippen LogP) is 18.9. The fourth-order valence-corrected chi connectivity index (χ4v) is 33.2. The molecule has 29 unspecified atom stereocenters. The van der Waals surface area contributed by atoms with Gasteiger partial charge in [0.2, 0.25) is 0 Å². The Balaban J connectivity index is 0.000000160. The molecule has 10 heterocycles. The number of sulfone groups is 2. The summed E-state index contributed by atoms with van der Waals surface area (Å²) in [6.45, 7) is 39.2. The van der Waals surface area contributed by atoms with Gasteiger partial charge in [0.15, 0.2) is 9.84 Å². The summed E-state index contributed by atoms with van der Waals surface area (Å²) >= 11 is 0. The van der Waals surface area contributed by atoms with E-state index >= 15 is 0 Å². The molecule has 16 saturated carbocycles. The number of rotatable bonds is 0. The van der Waals surface area contributed by atoms with E-state index in [0.717, 1.165) is 179 Å². The molecule has 664 valence electrons. The summed E-state index contributed by atoms with van der Waals surface area (Å²) in [5.74, 6) is 22.1. The summed E-state index contributed by atoms with van der Waals surface area (Å²) in [6.07, 6.45) is 35.2. The molecule has 0 N–H and O–H groups in total. The van der Waals surface area contributed by atoms with Gasteiger partial charge in [-0.05, 0) is 298 Å². The second kappa shape index (κ2) is 44.1. The Morgan fingerprint density at radius 2 is 0.913 bits per heavy atom. The first-order valence-corrected chi connectivity index (χ1v) is 53.1. The van der Waals surface area contributed by atoms with Gasteiger partial charge in [0, 0.05) is 24.2 Å². The molecule has 1 spiro atoms. The minimum absolute atomic E-state index is 0.00366. The number of fused-ring (bicyclic) bond motifs is 30. The lowest BCUT2D eigenvalue weighted by molar-refractivity contribution is -0.152. The van der Waals surface area contributed by atoms with Crippen molar-refractivity contribution >= 4 is 65.6 Å². The van der Waals surface area contributed by atoms with Crippen LogP contribution in [-0.4, -0.2) is 135 Å². The fourth-order valence-electron chi connectivity index (χ4n) is 28.1. The first kappa shape index (κ1) is 97.1. The summed E-state index contributed by atoms with van der Waals surface area (Å²) in [6, 6.07) is 0. The van der Waals surface area contributed by atoms with E-state index in [1.807, 2.05) is 125 Å². The first-order valence-electron chi connectivity index (χ1n) is 48.0. The Morgan fingerprint density at radius 3 is 1.39 bits per heavy atom. The number of hydrogen-bond donors (Lipinski definition) is 0. The number of hydrogen-bond acceptors (Lipinski definition) is 19.